The molecule has 0 bridgehead atoms. The first-order valence-electron chi connectivity index (χ1n) is 8.48. The predicted octanol–water partition coefficient (Wildman–Crippen LogP) is -0.361. The van der Waals surface area contributed by atoms with E-state index in [2.05, 4.69) is 24.7 Å². The number of nitrogens with zero attached hydrogens (tertiary/aromatic N) is 1. The van der Waals surface area contributed by atoms with Crippen LogP contribution in [0.1, 0.15) is 18.7 Å². The van der Waals surface area contributed by atoms with Crippen LogP contribution in [0.2, 0.25) is 0 Å². The highest BCUT2D eigenvalue weighted by Gasteiger charge is 2.53. The Bertz CT molecular complexity index is 1140. The highest BCUT2D eigenvalue weighted by Crippen LogP contribution is 2.66. The molecule has 182 valence electrons. The number of rotatable bonds is 9. The third-order valence-corrected chi connectivity index (χ3v) is 8.11. The van der Waals surface area contributed by atoms with Gasteiger partial charge < -0.3 is 29.4 Å². The molecule has 6 atom stereocenters. The Morgan fingerprint density at radius 2 is 1.81 bits per heavy atom. The van der Waals surface area contributed by atoms with Crippen molar-refractivity contribution in [1.29, 1.82) is 0 Å². The lowest BCUT2D eigenvalue weighted by Crippen LogP contribution is -2.42. The minimum Gasteiger partial charge on any atom is -0.389 e. The minimum atomic E-state index is -5.73. The van der Waals surface area contributed by atoms with E-state index in [1.807, 2.05) is 0 Å². The van der Waals surface area contributed by atoms with Crippen molar-refractivity contribution in [2.24, 2.45) is 5.92 Å². The number of aliphatic hydroxyl groups excluding tert-OH is 1. The van der Waals surface area contributed by atoms with Gasteiger partial charge in [0, 0.05) is 11.8 Å². The van der Waals surface area contributed by atoms with Crippen molar-refractivity contribution >= 4 is 23.5 Å². The number of phosphoric acid groups is 3. The molecule has 1 aromatic rings. The summed E-state index contributed by atoms with van der Waals surface area (Å²) < 4.78 is 52.4. The van der Waals surface area contributed by atoms with Crippen molar-refractivity contribution < 1.29 is 56.3 Å². The third-order valence-electron chi connectivity index (χ3n) is 4.33. The summed E-state index contributed by atoms with van der Waals surface area (Å²) >= 11 is 0. The van der Waals surface area contributed by atoms with Gasteiger partial charge in [0.25, 0.3) is 5.56 Å². The molecule has 1 aromatic heterocycles. The van der Waals surface area contributed by atoms with Crippen molar-refractivity contribution in [2.45, 2.75) is 31.8 Å². The minimum absolute atomic E-state index is 0.146. The standard InChI is InChI=1S/C13H21N2O14P3/c1-4-8-9(16)13(3,27-11(8)15-5-7(2)10(17)14-12(15)18)6-26-31(22,23)29-32(24,25)28-30(19,20)21/h4-5,8-9,11,16H,1,6H2,2-3H3,(H,22,23)(H,24,25)(H,14,17,18)(H2,19,20,21). The molecular formula is C13H21N2O14P3. The molecule has 16 nitrogen and oxygen atoms in total. The molecule has 6 unspecified atom stereocenters. The Kier molecular flexibility index (Phi) is 7.75. The van der Waals surface area contributed by atoms with E-state index < -0.39 is 65.2 Å². The number of aromatic amines is 1. The number of nitrogens with one attached hydrogen (secondary N) is 1. The second-order valence-corrected chi connectivity index (χ2v) is 11.3. The number of aromatic nitrogens is 2. The molecule has 1 saturated heterocycles. The largest absolute Gasteiger partial charge is 0.490 e. The van der Waals surface area contributed by atoms with E-state index in [0.29, 0.717) is 0 Å². The van der Waals surface area contributed by atoms with Gasteiger partial charge in [-0.05, 0) is 13.8 Å². The van der Waals surface area contributed by atoms with Gasteiger partial charge in [0.2, 0.25) is 0 Å². The fourth-order valence-corrected chi connectivity index (χ4v) is 6.00. The van der Waals surface area contributed by atoms with Crippen LogP contribution in [0, 0.1) is 12.8 Å². The van der Waals surface area contributed by atoms with Crippen molar-refractivity contribution in [3.63, 3.8) is 0 Å². The molecule has 0 spiro atoms. The maximum absolute atomic E-state index is 12.2. The quantitative estimate of drug-likeness (QED) is 0.179. The zero-order valence-corrected chi connectivity index (χ0v) is 19.2. The lowest BCUT2D eigenvalue weighted by Gasteiger charge is -2.28. The summed E-state index contributed by atoms with van der Waals surface area (Å²) in [5, 5.41) is 10.6. The maximum Gasteiger partial charge on any atom is 0.490 e. The van der Waals surface area contributed by atoms with Gasteiger partial charge in [-0.15, -0.1) is 6.58 Å². The fourth-order valence-electron chi connectivity index (χ4n) is 2.88. The number of ether oxygens (including phenoxy) is 1. The van der Waals surface area contributed by atoms with Crippen molar-refractivity contribution in [2.75, 3.05) is 6.61 Å². The molecule has 1 fully saturated rings. The van der Waals surface area contributed by atoms with E-state index in [-0.39, 0.29) is 5.56 Å². The lowest BCUT2D eigenvalue weighted by molar-refractivity contribution is -0.115. The smallest absolute Gasteiger partial charge is 0.389 e. The predicted molar refractivity (Wildman–Crippen MR) is 104 cm³/mol. The Balaban J connectivity index is 2.24. The van der Waals surface area contributed by atoms with Gasteiger partial charge in [0.15, 0.2) is 0 Å². The first kappa shape index (κ1) is 27.0. The molecule has 0 radical (unpaired) electrons. The molecule has 1 aliphatic rings. The Morgan fingerprint density at radius 3 is 2.34 bits per heavy atom. The highest BCUT2D eigenvalue weighted by atomic mass is 31.3. The van der Waals surface area contributed by atoms with E-state index in [1.165, 1.54) is 26.1 Å². The van der Waals surface area contributed by atoms with E-state index in [0.717, 1.165) is 4.57 Å². The van der Waals surface area contributed by atoms with E-state index in [9.17, 15) is 38.2 Å². The third kappa shape index (κ3) is 6.41. The summed E-state index contributed by atoms with van der Waals surface area (Å²) in [7, 11) is -16.8. The SMILES string of the molecule is C=CC1C(n2cc(C)c(=O)[nH]c2=O)OC(C)(COP(=O)(O)OP(=O)(O)OP(=O)(O)O)C1O. The summed E-state index contributed by atoms with van der Waals surface area (Å²) in [6, 6.07) is 0. The molecule has 32 heavy (non-hydrogen) atoms. The van der Waals surface area contributed by atoms with Crippen LogP contribution in [-0.2, 0) is 31.6 Å². The summed E-state index contributed by atoms with van der Waals surface area (Å²) in [5.74, 6) is -0.979. The molecule has 2 rings (SSSR count). The van der Waals surface area contributed by atoms with Crippen molar-refractivity contribution in [3.05, 3.63) is 45.3 Å². The Morgan fingerprint density at radius 1 is 1.22 bits per heavy atom. The Labute approximate surface area is 179 Å². The molecule has 2 heterocycles. The van der Waals surface area contributed by atoms with Gasteiger partial charge in [-0.2, -0.15) is 8.62 Å². The van der Waals surface area contributed by atoms with Crippen LogP contribution in [0.4, 0.5) is 0 Å². The summed E-state index contributed by atoms with van der Waals surface area (Å²) in [5.41, 5.74) is -3.19. The molecule has 0 aromatic carbocycles. The zero-order chi connectivity index (χ0) is 24.7. The molecular weight excluding hydrogens is 501 g/mol. The number of hydrogen-bond acceptors (Lipinski definition) is 10. The van der Waals surface area contributed by atoms with Crippen LogP contribution in [0.15, 0.2) is 28.4 Å². The Hall–Kier alpha value is -1.25. The van der Waals surface area contributed by atoms with Gasteiger partial charge in [0.05, 0.1) is 18.6 Å². The molecule has 0 amide bonds. The summed E-state index contributed by atoms with van der Waals surface area (Å²) in [4.78, 5) is 61.7. The lowest BCUT2D eigenvalue weighted by atomic mass is 9.91. The molecule has 1 aliphatic heterocycles. The van der Waals surface area contributed by atoms with Crippen LogP contribution < -0.4 is 11.2 Å². The molecule has 0 aliphatic carbocycles. The van der Waals surface area contributed by atoms with Crippen LogP contribution in [0.3, 0.4) is 0 Å². The van der Waals surface area contributed by atoms with Crippen molar-refractivity contribution in [1.82, 2.24) is 9.55 Å². The normalized spacial score (nSPS) is 29.9. The number of aliphatic hydroxyl groups is 1. The summed E-state index contributed by atoms with van der Waals surface area (Å²) in [6.07, 6.45) is -0.335. The zero-order valence-electron chi connectivity index (χ0n) is 16.5. The van der Waals surface area contributed by atoms with Crippen LogP contribution in [-0.4, -0.2) is 52.5 Å². The van der Waals surface area contributed by atoms with Crippen LogP contribution in [0.25, 0.3) is 0 Å². The van der Waals surface area contributed by atoms with Gasteiger partial charge in [0.1, 0.15) is 11.8 Å². The number of phosphoric ester groups is 1. The fraction of sp³-hybridized carbons (Fsp3) is 0.538. The van der Waals surface area contributed by atoms with Crippen LogP contribution >= 0.6 is 23.5 Å². The monoisotopic (exact) mass is 522 g/mol. The molecule has 19 heteroatoms. The molecule has 0 saturated carbocycles. The number of aryl methyl sites for hydroxylation is 1. The first-order valence-corrected chi connectivity index (χ1v) is 13.0. The van der Waals surface area contributed by atoms with Crippen LogP contribution in [0.5, 0.6) is 0 Å². The first-order chi connectivity index (χ1) is 14.4. The van der Waals surface area contributed by atoms with Crippen molar-refractivity contribution in [3.8, 4) is 0 Å². The van der Waals surface area contributed by atoms with Gasteiger partial charge in [-0.1, -0.05) is 6.08 Å². The summed E-state index contributed by atoms with van der Waals surface area (Å²) in [6.45, 7) is 5.20. The molecule has 6 N–H and O–H groups in total. The maximum atomic E-state index is 12.2. The van der Waals surface area contributed by atoms with E-state index in [1.54, 1.807) is 0 Å². The van der Waals surface area contributed by atoms with Gasteiger partial charge in [-0.25, -0.2) is 18.5 Å². The topological polar surface area (TPSA) is 244 Å². The second-order valence-electron chi connectivity index (χ2n) is 6.92. The average Bonchev–Trinajstić information content (AvgIpc) is 2.84. The van der Waals surface area contributed by atoms with E-state index in [4.69, 9.17) is 14.5 Å². The average molecular weight is 522 g/mol. The number of H-pyrrole nitrogens is 1. The number of hydrogen-bond donors (Lipinski definition) is 6. The van der Waals surface area contributed by atoms with E-state index >= 15 is 0 Å². The second kappa shape index (κ2) is 9.18. The van der Waals surface area contributed by atoms with Gasteiger partial charge >= 0.3 is 29.2 Å². The van der Waals surface area contributed by atoms with Gasteiger partial charge in [-0.3, -0.25) is 18.9 Å². The highest BCUT2D eigenvalue weighted by molar-refractivity contribution is 7.66.